The maximum absolute atomic E-state index is 9.88. The van der Waals surface area contributed by atoms with Crippen LogP contribution in [0.5, 0.6) is 0 Å². The van der Waals surface area contributed by atoms with Crippen LogP contribution in [0.4, 0.5) is 5.82 Å². The number of benzene rings is 1. The van der Waals surface area contributed by atoms with Crippen molar-refractivity contribution < 1.29 is 21.1 Å². The molecule has 8 nitrogen and oxygen atoms in total. The molecule has 0 fully saturated rings. The van der Waals surface area contributed by atoms with E-state index in [4.69, 9.17) is 16.5 Å². The first kappa shape index (κ1) is 23.4. The van der Waals surface area contributed by atoms with Crippen molar-refractivity contribution in [2.75, 3.05) is 0 Å². The Labute approximate surface area is 222 Å². The first-order valence-electron chi connectivity index (χ1n) is 10.9. The summed E-state index contributed by atoms with van der Waals surface area (Å²) in [4.78, 5) is 13.4. The van der Waals surface area contributed by atoms with Crippen molar-refractivity contribution in [3.63, 3.8) is 0 Å². The van der Waals surface area contributed by atoms with Crippen LogP contribution < -0.4 is 0 Å². The van der Waals surface area contributed by atoms with Gasteiger partial charge in [-0.05, 0) is 43.9 Å². The molecule has 1 aromatic carbocycles. The third-order valence-electron chi connectivity index (χ3n) is 6.15. The van der Waals surface area contributed by atoms with Crippen molar-refractivity contribution in [1.29, 1.82) is 5.26 Å². The van der Waals surface area contributed by atoms with Gasteiger partial charge >= 0.3 is 26.9 Å². The van der Waals surface area contributed by atoms with Crippen molar-refractivity contribution >= 4 is 5.82 Å². The van der Waals surface area contributed by atoms with Crippen LogP contribution in [-0.4, -0.2) is 29.5 Å². The monoisotopic (exact) mass is 647 g/mol. The minimum atomic E-state index is -0.554. The molecule has 1 aliphatic rings. The second-order valence-electron chi connectivity index (χ2n) is 8.63. The predicted molar refractivity (Wildman–Crippen MR) is 128 cm³/mol. The van der Waals surface area contributed by atoms with Crippen LogP contribution in [0.25, 0.3) is 38.7 Å². The molecule has 0 atom stereocenters. The van der Waals surface area contributed by atoms with Crippen molar-refractivity contribution in [3.8, 4) is 40.0 Å². The summed E-state index contributed by atoms with van der Waals surface area (Å²) >= 11 is 0. The van der Waals surface area contributed by atoms with Crippen LogP contribution in [0.3, 0.4) is 0 Å². The zero-order valence-electron chi connectivity index (χ0n) is 19.2. The van der Waals surface area contributed by atoms with E-state index in [0.717, 1.165) is 11.4 Å². The van der Waals surface area contributed by atoms with Gasteiger partial charge in [-0.25, -0.2) is 15.0 Å². The van der Waals surface area contributed by atoms with Gasteiger partial charge in [-0.1, -0.05) is 48.5 Å². The van der Waals surface area contributed by atoms with Crippen molar-refractivity contribution in [1.82, 2.24) is 29.5 Å². The maximum atomic E-state index is 9.88. The van der Waals surface area contributed by atoms with Crippen LogP contribution in [0, 0.1) is 30.3 Å². The predicted octanol–water partition coefficient (Wildman–Crippen LogP) is 4.84. The molecule has 9 heteroatoms. The molecule has 0 saturated carbocycles. The number of nitriles is 1. The molecule has 0 N–H and O–H groups in total. The van der Waals surface area contributed by atoms with Gasteiger partial charge in [-0.15, -0.1) is 23.3 Å². The third kappa shape index (κ3) is 3.55. The first-order chi connectivity index (χ1) is 17.0. The average molecular weight is 648 g/mol. The molecule has 174 valence electrons. The van der Waals surface area contributed by atoms with E-state index in [0.29, 0.717) is 33.9 Å². The largest absolute Gasteiger partial charge is 2.00 e. The van der Waals surface area contributed by atoms with Gasteiger partial charge in [0.15, 0.2) is 0 Å². The number of fused-ring (bicyclic) bond motifs is 13. The summed E-state index contributed by atoms with van der Waals surface area (Å²) in [5, 5.41) is 18.8. The molecule has 4 aromatic heterocycles. The van der Waals surface area contributed by atoms with Gasteiger partial charge in [0.05, 0.1) is 23.4 Å². The van der Waals surface area contributed by atoms with Crippen LogP contribution in [0.15, 0.2) is 60.7 Å². The Balaban J connectivity index is 0.00000267. The number of hydrogen-bond donors (Lipinski definition) is 0. The number of aromatic nitrogens is 6. The van der Waals surface area contributed by atoms with Gasteiger partial charge in [0.2, 0.25) is 0 Å². The van der Waals surface area contributed by atoms with E-state index in [-0.39, 0.29) is 32.6 Å². The van der Waals surface area contributed by atoms with Gasteiger partial charge in [0, 0.05) is 21.9 Å². The maximum Gasteiger partial charge on any atom is 2.00 e. The molecule has 0 radical (unpaired) electrons. The van der Waals surface area contributed by atoms with Gasteiger partial charge < -0.3 is 9.53 Å². The van der Waals surface area contributed by atoms with E-state index in [2.05, 4.69) is 33.5 Å². The zero-order valence-corrected chi connectivity index (χ0v) is 21.4. The first-order valence-corrected chi connectivity index (χ1v) is 10.9. The molecule has 0 unspecified atom stereocenters. The summed E-state index contributed by atoms with van der Waals surface area (Å²) in [7, 11) is 0. The Morgan fingerprint density at radius 2 is 1.39 bits per heavy atom. The minimum absolute atomic E-state index is 0. The number of rotatable bonds is 0. The molecule has 5 aromatic rings. The topological polar surface area (TPSA) is 89.6 Å². The summed E-state index contributed by atoms with van der Waals surface area (Å²) < 4.78 is 3.00. The Kier molecular flexibility index (Phi) is 5.63. The standard InChI is InChI=1S/C27H16N8.Pt/c1-27(2)22-10-6-12-24(30-22)34-15-19(21(14-28)32-34)17-8-4-5-9-18(17)20-16-35(33-26(20)29-3)25-13-7-11-23(27)31-25;/h4-13H,1-2H3;/q-2;+2. The summed E-state index contributed by atoms with van der Waals surface area (Å²) in [6, 6.07) is 21.0. The van der Waals surface area contributed by atoms with Crippen molar-refractivity contribution in [2.45, 2.75) is 19.3 Å². The van der Waals surface area contributed by atoms with Crippen LogP contribution in [0.1, 0.15) is 30.9 Å². The fourth-order valence-electron chi connectivity index (χ4n) is 4.23. The smallest absolute Gasteiger partial charge is 0.315 e. The molecule has 1 aliphatic heterocycles. The third-order valence-corrected chi connectivity index (χ3v) is 6.15. The number of nitrogens with zero attached hydrogens (tertiary/aromatic N) is 8. The molecule has 0 spiro atoms. The second kappa shape index (κ2) is 8.68. The molecule has 36 heavy (non-hydrogen) atoms. The van der Waals surface area contributed by atoms with Gasteiger partial charge in [-0.3, -0.25) is 9.97 Å². The van der Waals surface area contributed by atoms with Crippen LogP contribution in [0.2, 0.25) is 0 Å². The Morgan fingerprint density at radius 3 is 1.97 bits per heavy atom. The fraction of sp³-hybridized carbons (Fsp3) is 0.111. The van der Waals surface area contributed by atoms with E-state index in [9.17, 15) is 5.26 Å². The average Bonchev–Trinajstić information content (AvgIpc) is 3.53. The molecule has 8 bridgehead atoms. The molecule has 6 rings (SSSR count). The molecule has 5 heterocycles. The van der Waals surface area contributed by atoms with Crippen LogP contribution >= 0.6 is 0 Å². The quantitative estimate of drug-likeness (QED) is 0.225. The van der Waals surface area contributed by atoms with E-state index >= 15 is 0 Å². The normalized spacial score (nSPS) is 12.7. The van der Waals surface area contributed by atoms with Gasteiger partial charge in [0.25, 0.3) is 0 Å². The SMILES string of the molecule is [C-]#[N+]c1nn2[c-]c1-c1ccccc1-c1[c-]n(nc1C#N)-c1cccc(n1)C(C)(C)c1cccc-2n1.[Pt+2]. The molecule has 0 amide bonds. The van der Waals surface area contributed by atoms with Gasteiger partial charge in [0.1, 0.15) is 0 Å². The summed E-state index contributed by atoms with van der Waals surface area (Å²) in [5.74, 6) is 1.28. The van der Waals surface area contributed by atoms with Crippen LogP contribution in [-0.2, 0) is 26.5 Å². The molecule has 0 aliphatic carbocycles. The molecule has 0 saturated heterocycles. The second-order valence-corrected chi connectivity index (χ2v) is 8.63. The number of pyridine rings is 2. The van der Waals surface area contributed by atoms with E-state index in [1.165, 1.54) is 9.36 Å². The molecular weight excluding hydrogens is 631 g/mol. The van der Waals surface area contributed by atoms with E-state index in [1.54, 1.807) is 0 Å². The summed E-state index contributed by atoms with van der Waals surface area (Å²) in [5.41, 5.74) is 3.65. The Bertz CT molecular complexity index is 1590. The molecular formula is C27H16N8Pt. The Hall–Kier alpha value is -4.39. The zero-order chi connectivity index (χ0) is 24.2. The number of hydrogen-bond acceptors (Lipinski definition) is 5. The van der Waals surface area contributed by atoms with E-state index < -0.39 is 5.41 Å². The van der Waals surface area contributed by atoms with Crippen molar-refractivity contribution in [3.05, 3.63) is 102 Å². The summed E-state index contributed by atoms with van der Waals surface area (Å²) in [6.07, 6.45) is 6.45. The van der Waals surface area contributed by atoms with Gasteiger partial charge in [-0.2, -0.15) is 0 Å². The summed E-state index contributed by atoms with van der Waals surface area (Å²) in [6.45, 7) is 11.8. The fourth-order valence-corrected chi connectivity index (χ4v) is 4.23. The van der Waals surface area contributed by atoms with E-state index in [1.807, 2.05) is 74.5 Å². The van der Waals surface area contributed by atoms with Crippen molar-refractivity contribution in [2.24, 2.45) is 0 Å². The minimum Gasteiger partial charge on any atom is -0.315 e. The Morgan fingerprint density at radius 1 is 0.833 bits per heavy atom.